The molecule has 0 N–H and O–H groups in total. The summed E-state index contributed by atoms with van der Waals surface area (Å²) in [7, 11) is 0. The molecule has 0 aromatic carbocycles. The van der Waals surface area contributed by atoms with Crippen molar-refractivity contribution in [2.75, 3.05) is 6.61 Å². The monoisotopic (exact) mass is 673 g/mol. The first-order valence-electron chi connectivity index (χ1n) is 22.3. The fraction of sp³-hybridized carbons (Fsp3) is 0.891. The Hall–Kier alpha value is -1.05. The van der Waals surface area contributed by atoms with Crippen LogP contribution in [0.1, 0.15) is 258 Å². The number of ether oxygens (including phenoxy) is 1. The number of hydrogen-bond donors (Lipinski definition) is 0. The predicted molar refractivity (Wildman–Crippen MR) is 216 cm³/mol. The van der Waals surface area contributed by atoms with Gasteiger partial charge in [0.1, 0.15) is 0 Å². The van der Waals surface area contributed by atoms with Crippen LogP contribution in [0.5, 0.6) is 0 Å². The fourth-order valence-electron chi connectivity index (χ4n) is 6.72. The van der Waals surface area contributed by atoms with Crippen molar-refractivity contribution < 1.29 is 9.53 Å². The summed E-state index contributed by atoms with van der Waals surface area (Å²) in [6.07, 6.45) is 60.0. The number of carbonyl (C=O) groups is 1. The lowest BCUT2D eigenvalue weighted by Crippen LogP contribution is -2.05. The third-order valence-corrected chi connectivity index (χ3v) is 10.1. The van der Waals surface area contributed by atoms with Crippen molar-refractivity contribution in [2.45, 2.75) is 258 Å². The van der Waals surface area contributed by atoms with E-state index in [0.29, 0.717) is 13.0 Å². The lowest BCUT2D eigenvalue weighted by molar-refractivity contribution is -0.143. The molecule has 0 heterocycles. The molecule has 0 aliphatic carbocycles. The second-order valence-electron chi connectivity index (χ2n) is 15.0. The van der Waals surface area contributed by atoms with Gasteiger partial charge in [-0.15, -0.1) is 0 Å². The van der Waals surface area contributed by atoms with E-state index in [-0.39, 0.29) is 5.97 Å². The molecule has 0 atom stereocenters. The molecule has 0 fully saturated rings. The number of carbonyl (C=O) groups excluding carboxylic acids is 1. The first-order chi connectivity index (χ1) is 23.8. The predicted octanol–water partition coefficient (Wildman–Crippen LogP) is 16.5. The molecule has 0 saturated carbocycles. The SMILES string of the molecule is CCCCCCCC/C=C\CCCCCCCCCCCCCCOC(=O)CCCCCCCCCCC/C=C\CCCCCCCC. The number of allylic oxidation sites excluding steroid dienone is 4. The fourth-order valence-corrected chi connectivity index (χ4v) is 6.72. The molecule has 0 unspecified atom stereocenters. The lowest BCUT2D eigenvalue weighted by atomic mass is 10.0. The van der Waals surface area contributed by atoms with E-state index in [0.717, 1.165) is 12.8 Å². The van der Waals surface area contributed by atoms with Crippen LogP contribution >= 0.6 is 0 Å². The summed E-state index contributed by atoms with van der Waals surface area (Å²) >= 11 is 0. The van der Waals surface area contributed by atoms with E-state index in [1.807, 2.05) is 0 Å². The van der Waals surface area contributed by atoms with E-state index in [4.69, 9.17) is 4.74 Å². The highest BCUT2D eigenvalue weighted by Gasteiger charge is 2.03. The summed E-state index contributed by atoms with van der Waals surface area (Å²) in [5.41, 5.74) is 0. The van der Waals surface area contributed by atoms with E-state index in [9.17, 15) is 4.79 Å². The normalized spacial score (nSPS) is 11.8. The molecule has 0 aliphatic heterocycles. The van der Waals surface area contributed by atoms with Crippen LogP contribution in [0, 0.1) is 0 Å². The van der Waals surface area contributed by atoms with Crippen molar-refractivity contribution in [1.82, 2.24) is 0 Å². The van der Waals surface area contributed by atoms with Crippen molar-refractivity contribution in [1.29, 1.82) is 0 Å². The Morgan fingerprint density at radius 2 is 0.583 bits per heavy atom. The van der Waals surface area contributed by atoms with Gasteiger partial charge in [0.15, 0.2) is 0 Å². The van der Waals surface area contributed by atoms with Crippen molar-refractivity contribution in [3.8, 4) is 0 Å². The van der Waals surface area contributed by atoms with Gasteiger partial charge in [0.05, 0.1) is 6.61 Å². The Kier molecular flexibility index (Phi) is 43.0. The lowest BCUT2D eigenvalue weighted by Gasteiger charge is -2.06. The quantitative estimate of drug-likeness (QED) is 0.0367. The van der Waals surface area contributed by atoms with Gasteiger partial charge in [-0.05, 0) is 64.2 Å². The van der Waals surface area contributed by atoms with Crippen LogP contribution < -0.4 is 0 Å². The number of hydrogen-bond acceptors (Lipinski definition) is 2. The largest absolute Gasteiger partial charge is 0.466 e. The summed E-state index contributed by atoms with van der Waals surface area (Å²) in [6.45, 7) is 5.20. The van der Waals surface area contributed by atoms with E-state index < -0.39 is 0 Å². The Morgan fingerprint density at radius 3 is 0.896 bits per heavy atom. The van der Waals surface area contributed by atoms with Crippen molar-refractivity contribution in [2.24, 2.45) is 0 Å². The molecule has 0 aromatic heterocycles. The van der Waals surface area contributed by atoms with Crippen molar-refractivity contribution in [3.63, 3.8) is 0 Å². The molecule has 0 amide bonds. The van der Waals surface area contributed by atoms with Crippen LogP contribution in [0.3, 0.4) is 0 Å². The standard InChI is InChI=1S/C46H88O2/c1-3-5-7-9-11-13-15-17-19-21-23-24-25-27-29-31-33-35-37-39-41-43-45-48-46(47)44-42-40-38-36-34-32-30-28-26-22-20-18-16-14-12-10-8-6-4-2/h17-20H,3-16,21-45H2,1-2H3/b19-17-,20-18-. The molecule has 0 spiro atoms. The van der Waals surface area contributed by atoms with E-state index in [1.165, 1.54) is 225 Å². The number of esters is 1. The maximum atomic E-state index is 12.0. The molecule has 2 heteroatoms. The van der Waals surface area contributed by atoms with E-state index >= 15 is 0 Å². The number of unbranched alkanes of at least 4 members (excludes halogenated alkanes) is 33. The average Bonchev–Trinajstić information content (AvgIpc) is 3.09. The van der Waals surface area contributed by atoms with E-state index in [1.54, 1.807) is 0 Å². The molecule has 0 aliphatic rings. The van der Waals surface area contributed by atoms with Crippen molar-refractivity contribution in [3.05, 3.63) is 24.3 Å². The van der Waals surface area contributed by atoms with Crippen LogP contribution in [-0.4, -0.2) is 12.6 Å². The zero-order valence-corrected chi connectivity index (χ0v) is 33.2. The molecule has 0 aromatic rings. The maximum Gasteiger partial charge on any atom is 0.305 e. The van der Waals surface area contributed by atoms with Gasteiger partial charge in [-0.2, -0.15) is 0 Å². The summed E-state index contributed by atoms with van der Waals surface area (Å²) < 4.78 is 5.48. The molecule has 0 bridgehead atoms. The highest BCUT2D eigenvalue weighted by Crippen LogP contribution is 2.15. The zero-order chi connectivity index (χ0) is 34.7. The summed E-state index contributed by atoms with van der Waals surface area (Å²) in [6, 6.07) is 0. The molecular weight excluding hydrogens is 585 g/mol. The van der Waals surface area contributed by atoms with Gasteiger partial charge >= 0.3 is 5.97 Å². The van der Waals surface area contributed by atoms with Gasteiger partial charge in [-0.1, -0.05) is 212 Å². The third-order valence-electron chi connectivity index (χ3n) is 10.1. The first kappa shape index (κ1) is 47.0. The van der Waals surface area contributed by atoms with E-state index in [2.05, 4.69) is 38.2 Å². The molecule has 0 radical (unpaired) electrons. The van der Waals surface area contributed by atoms with Gasteiger partial charge in [-0.3, -0.25) is 4.79 Å². The molecule has 2 nitrogen and oxygen atoms in total. The Bertz CT molecular complexity index is 650. The van der Waals surface area contributed by atoms with Crippen LogP contribution in [0.4, 0.5) is 0 Å². The van der Waals surface area contributed by atoms with Crippen LogP contribution in [0.25, 0.3) is 0 Å². The van der Waals surface area contributed by atoms with Crippen LogP contribution in [0.2, 0.25) is 0 Å². The smallest absolute Gasteiger partial charge is 0.305 e. The van der Waals surface area contributed by atoms with Crippen molar-refractivity contribution >= 4 is 5.97 Å². The minimum absolute atomic E-state index is 0.0241. The Balaban J connectivity index is 3.20. The van der Waals surface area contributed by atoms with Gasteiger partial charge in [0.2, 0.25) is 0 Å². The molecule has 48 heavy (non-hydrogen) atoms. The molecule has 284 valence electrons. The first-order valence-corrected chi connectivity index (χ1v) is 22.3. The molecular formula is C46H88O2. The van der Waals surface area contributed by atoms with Gasteiger partial charge in [0.25, 0.3) is 0 Å². The van der Waals surface area contributed by atoms with Gasteiger partial charge in [0, 0.05) is 6.42 Å². The summed E-state index contributed by atoms with van der Waals surface area (Å²) in [5, 5.41) is 0. The summed E-state index contributed by atoms with van der Waals surface area (Å²) in [4.78, 5) is 12.0. The molecule has 0 saturated heterocycles. The second-order valence-corrected chi connectivity index (χ2v) is 15.0. The Morgan fingerprint density at radius 1 is 0.333 bits per heavy atom. The minimum atomic E-state index is 0.0241. The van der Waals surface area contributed by atoms with Crippen LogP contribution in [0.15, 0.2) is 24.3 Å². The zero-order valence-electron chi connectivity index (χ0n) is 33.2. The molecule has 0 rings (SSSR count). The number of rotatable bonds is 41. The van der Waals surface area contributed by atoms with Crippen LogP contribution in [-0.2, 0) is 9.53 Å². The highest BCUT2D eigenvalue weighted by molar-refractivity contribution is 5.69. The maximum absolute atomic E-state index is 12.0. The highest BCUT2D eigenvalue weighted by atomic mass is 16.5. The minimum Gasteiger partial charge on any atom is -0.466 e. The average molecular weight is 673 g/mol. The second kappa shape index (κ2) is 44.0. The van der Waals surface area contributed by atoms with Gasteiger partial charge < -0.3 is 4.74 Å². The Labute approximate surface area is 303 Å². The van der Waals surface area contributed by atoms with Gasteiger partial charge in [-0.25, -0.2) is 0 Å². The third kappa shape index (κ3) is 43.0. The topological polar surface area (TPSA) is 26.3 Å². The summed E-state index contributed by atoms with van der Waals surface area (Å²) in [5.74, 6) is 0.0241.